The zero-order valence-corrected chi connectivity index (χ0v) is 8.46. The van der Waals surface area contributed by atoms with E-state index in [-0.39, 0.29) is 6.61 Å². The molecule has 0 aromatic heterocycles. The average Bonchev–Trinajstić information content (AvgIpc) is 2.18. The minimum absolute atomic E-state index is 0.00843. The lowest BCUT2D eigenvalue weighted by Crippen LogP contribution is -2.63. The van der Waals surface area contributed by atoms with Crippen molar-refractivity contribution in [3.8, 4) is 0 Å². The third-order valence-corrected chi connectivity index (χ3v) is 2.32. The van der Waals surface area contributed by atoms with Gasteiger partial charge in [0.05, 0.1) is 30.8 Å². The van der Waals surface area contributed by atoms with Crippen molar-refractivity contribution in [1.82, 2.24) is 5.32 Å². The Morgan fingerprint density at radius 3 is 2.73 bits per heavy atom. The predicted molar refractivity (Wildman–Crippen MR) is 51.5 cm³/mol. The number of nitrogens with one attached hydrogen (secondary N) is 1. The molecule has 2 unspecified atom stereocenters. The van der Waals surface area contributed by atoms with E-state index in [2.05, 4.69) is 5.32 Å². The maximum Gasteiger partial charge on any atom is 0.237 e. The van der Waals surface area contributed by atoms with Crippen LogP contribution in [0.1, 0.15) is 6.92 Å². The number of hydrogen-bond acceptors (Lipinski definition) is 6. The number of hydrogen-bond donors (Lipinski definition) is 5. The second-order valence-corrected chi connectivity index (χ2v) is 3.70. The first-order valence-electron chi connectivity index (χ1n) is 4.72. The number of carbonyl (C=O) groups is 1. The molecule has 7 N–H and O–H groups in total. The van der Waals surface area contributed by atoms with Gasteiger partial charge in [-0.05, 0) is 6.92 Å². The molecule has 0 aromatic rings. The van der Waals surface area contributed by atoms with Crippen LogP contribution in [0.5, 0.6) is 0 Å². The van der Waals surface area contributed by atoms with Gasteiger partial charge in [-0.2, -0.15) is 0 Å². The molecule has 1 rings (SSSR count). The van der Waals surface area contributed by atoms with E-state index in [1.165, 1.54) is 6.92 Å². The SMILES string of the molecule is C[C@@H](N)C(=O)N[C@H]1COC(O)C(N)[C@H]1O. The van der Waals surface area contributed by atoms with E-state index >= 15 is 0 Å². The van der Waals surface area contributed by atoms with Gasteiger partial charge in [0.2, 0.25) is 5.91 Å². The van der Waals surface area contributed by atoms with E-state index in [1.54, 1.807) is 0 Å². The highest BCUT2D eigenvalue weighted by atomic mass is 16.6. The molecular formula is C8H17N3O4. The minimum Gasteiger partial charge on any atom is -0.389 e. The van der Waals surface area contributed by atoms with Crippen LogP contribution in [-0.2, 0) is 9.53 Å². The van der Waals surface area contributed by atoms with Crippen molar-refractivity contribution in [2.24, 2.45) is 11.5 Å². The van der Waals surface area contributed by atoms with Crippen molar-refractivity contribution in [3.63, 3.8) is 0 Å². The molecule has 0 aromatic carbocycles. The van der Waals surface area contributed by atoms with Gasteiger partial charge in [0.15, 0.2) is 6.29 Å². The third-order valence-electron chi connectivity index (χ3n) is 2.32. The highest BCUT2D eigenvalue weighted by Gasteiger charge is 2.37. The van der Waals surface area contributed by atoms with Crippen molar-refractivity contribution in [1.29, 1.82) is 0 Å². The maximum atomic E-state index is 11.2. The molecule has 7 heteroatoms. The fourth-order valence-electron chi connectivity index (χ4n) is 1.29. The molecule has 0 radical (unpaired) electrons. The average molecular weight is 219 g/mol. The van der Waals surface area contributed by atoms with E-state index in [0.29, 0.717) is 0 Å². The summed E-state index contributed by atoms with van der Waals surface area (Å²) >= 11 is 0. The largest absolute Gasteiger partial charge is 0.389 e. The van der Waals surface area contributed by atoms with Crippen molar-refractivity contribution in [2.75, 3.05) is 6.61 Å². The smallest absolute Gasteiger partial charge is 0.237 e. The molecule has 1 amide bonds. The number of rotatable bonds is 2. The van der Waals surface area contributed by atoms with Crippen molar-refractivity contribution >= 4 is 5.91 Å². The Hall–Kier alpha value is -0.730. The number of aliphatic hydroxyl groups is 2. The van der Waals surface area contributed by atoms with Gasteiger partial charge < -0.3 is 31.7 Å². The van der Waals surface area contributed by atoms with Gasteiger partial charge in [0, 0.05) is 0 Å². The molecule has 1 fully saturated rings. The number of carbonyl (C=O) groups excluding carboxylic acids is 1. The first kappa shape index (κ1) is 12.3. The van der Waals surface area contributed by atoms with Gasteiger partial charge in [-0.3, -0.25) is 4.79 Å². The molecule has 88 valence electrons. The van der Waals surface area contributed by atoms with Crippen LogP contribution in [0, 0.1) is 0 Å². The lowest BCUT2D eigenvalue weighted by atomic mass is 10.0. The maximum absolute atomic E-state index is 11.2. The Morgan fingerprint density at radius 1 is 1.60 bits per heavy atom. The standard InChI is InChI=1S/C8H17N3O4/c1-3(9)7(13)11-4-2-15-8(14)5(10)6(4)12/h3-6,8,12,14H,2,9-10H2,1H3,(H,11,13)/t3-,4+,5?,6+,8?/m1/s1. The summed E-state index contributed by atoms with van der Waals surface area (Å²) in [5.41, 5.74) is 10.8. The van der Waals surface area contributed by atoms with Crippen LogP contribution >= 0.6 is 0 Å². The second kappa shape index (κ2) is 4.86. The molecule has 7 nitrogen and oxygen atoms in total. The molecular weight excluding hydrogens is 202 g/mol. The minimum atomic E-state index is -1.21. The molecule has 0 aliphatic carbocycles. The fourth-order valence-corrected chi connectivity index (χ4v) is 1.29. The summed E-state index contributed by atoms with van der Waals surface area (Å²) in [4.78, 5) is 11.2. The van der Waals surface area contributed by atoms with Gasteiger partial charge in [-0.15, -0.1) is 0 Å². The quantitative estimate of drug-likeness (QED) is 0.333. The molecule has 1 saturated heterocycles. The van der Waals surface area contributed by atoms with E-state index in [4.69, 9.17) is 21.3 Å². The molecule has 1 heterocycles. The lowest BCUT2D eigenvalue weighted by molar-refractivity contribution is -0.178. The van der Waals surface area contributed by atoms with E-state index in [9.17, 15) is 9.90 Å². The summed E-state index contributed by atoms with van der Waals surface area (Å²) in [6.07, 6.45) is -2.25. The summed E-state index contributed by atoms with van der Waals surface area (Å²) in [5.74, 6) is -0.397. The number of amides is 1. The predicted octanol–water partition coefficient (Wildman–Crippen LogP) is -3.14. The Morgan fingerprint density at radius 2 is 2.20 bits per heavy atom. The number of aliphatic hydroxyl groups excluding tert-OH is 2. The summed E-state index contributed by atoms with van der Waals surface area (Å²) in [6.45, 7) is 1.54. The highest BCUT2D eigenvalue weighted by molar-refractivity contribution is 5.81. The van der Waals surface area contributed by atoms with Crippen molar-refractivity contribution < 1.29 is 19.7 Å². The Bertz CT molecular complexity index is 236. The molecule has 0 saturated carbocycles. The van der Waals surface area contributed by atoms with Crippen molar-refractivity contribution in [2.45, 2.75) is 37.4 Å². The van der Waals surface area contributed by atoms with E-state index in [0.717, 1.165) is 0 Å². The van der Waals surface area contributed by atoms with Crippen LogP contribution in [0.2, 0.25) is 0 Å². The molecule has 15 heavy (non-hydrogen) atoms. The van der Waals surface area contributed by atoms with Gasteiger partial charge in [0.25, 0.3) is 0 Å². The molecule has 0 bridgehead atoms. The van der Waals surface area contributed by atoms with Gasteiger partial charge in [0.1, 0.15) is 0 Å². The normalized spacial score (nSPS) is 38.5. The van der Waals surface area contributed by atoms with Gasteiger partial charge in [-0.25, -0.2) is 0 Å². The van der Waals surface area contributed by atoms with Crippen LogP contribution < -0.4 is 16.8 Å². The number of nitrogens with two attached hydrogens (primary N) is 2. The zero-order valence-electron chi connectivity index (χ0n) is 8.46. The van der Waals surface area contributed by atoms with Crippen molar-refractivity contribution in [3.05, 3.63) is 0 Å². The fraction of sp³-hybridized carbons (Fsp3) is 0.875. The molecule has 0 spiro atoms. The van der Waals surface area contributed by atoms with Crippen LogP contribution in [-0.4, -0.2) is 53.2 Å². The lowest BCUT2D eigenvalue weighted by Gasteiger charge is -2.36. The summed E-state index contributed by atoms with van der Waals surface area (Å²) in [6, 6.07) is -2.24. The molecule has 1 aliphatic rings. The number of ether oxygens (including phenoxy) is 1. The Kier molecular flexibility index (Phi) is 4.00. The van der Waals surface area contributed by atoms with Crippen LogP contribution in [0.15, 0.2) is 0 Å². The Labute approximate surface area is 87.4 Å². The summed E-state index contributed by atoms with van der Waals surface area (Å²) < 4.78 is 4.87. The Balaban J connectivity index is 2.53. The first-order chi connectivity index (χ1) is 6.93. The van der Waals surface area contributed by atoms with Crippen LogP contribution in [0.3, 0.4) is 0 Å². The zero-order chi connectivity index (χ0) is 11.6. The third kappa shape index (κ3) is 2.86. The topological polar surface area (TPSA) is 131 Å². The second-order valence-electron chi connectivity index (χ2n) is 3.70. The van der Waals surface area contributed by atoms with Crippen LogP contribution in [0.25, 0.3) is 0 Å². The van der Waals surface area contributed by atoms with Gasteiger partial charge >= 0.3 is 0 Å². The molecule has 5 atom stereocenters. The van der Waals surface area contributed by atoms with Crippen LogP contribution in [0.4, 0.5) is 0 Å². The first-order valence-corrected chi connectivity index (χ1v) is 4.72. The van der Waals surface area contributed by atoms with E-state index in [1.807, 2.05) is 0 Å². The monoisotopic (exact) mass is 219 g/mol. The summed E-state index contributed by atoms with van der Waals surface area (Å²) in [5, 5.41) is 21.3. The summed E-state index contributed by atoms with van der Waals surface area (Å²) in [7, 11) is 0. The van der Waals surface area contributed by atoms with E-state index < -0.39 is 36.4 Å². The highest BCUT2D eigenvalue weighted by Crippen LogP contribution is 2.11. The molecule has 1 aliphatic heterocycles. The van der Waals surface area contributed by atoms with Gasteiger partial charge in [-0.1, -0.05) is 0 Å².